The largest absolute Gasteiger partial charge is 0.294 e. The fourth-order valence-corrected chi connectivity index (χ4v) is 2.96. The molecule has 1 heterocycles. The van der Waals surface area contributed by atoms with Crippen molar-refractivity contribution in [2.45, 2.75) is 13.3 Å². The predicted molar refractivity (Wildman–Crippen MR) is 84.1 cm³/mol. The number of para-hydroxylation sites is 1. The fraction of sp³-hybridized carbons (Fsp3) is 0.118. The van der Waals surface area contributed by atoms with E-state index in [1.54, 1.807) is 12.1 Å². The molecule has 1 aromatic heterocycles. The lowest BCUT2D eigenvalue weighted by molar-refractivity contribution is 0.0894. The number of hydrogen-bond donors (Lipinski definition) is 0. The van der Waals surface area contributed by atoms with E-state index in [1.165, 1.54) is 11.3 Å². The number of hydrogen-bond acceptors (Lipinski definition) is 4. The summed E-state index contributed by atoms with van der Waals surface area (Å²) in [6, 6.07) is 14.8. The average molecular weight is 295 g/mol. The summed E-state index contributed by atoms with van der Waals surface area (Å²) in [6.07, 6.45) is -0.136. The molecule has 0 aliphatic rings. The van der Waals surface area contributed by atoms with Gasteiger partial charge in [-0.3, -0.25) is 9.59 Å². The highest BCUT2D eigenvalue weighted by atomic mass is 32.1. The van der Waals surface area contributed by atoms with E-state index in [0.29, 0.717) is 10.6 Å². The lowest BCUT2D eigenvalue weighted by atomic mass is 10.0. The number of aryl methyl sites for hydroxylation is 1. The van der Waals surface area contributed by atoms with Gasteiger partial charge in [-0.05, 0) is 19.1 Å². The summed E-state index contributed by atoms with van der Waals surface area (Å²) in [6.45, 7) is 1.96. The second-order valence-corrected chi connectivity index (χ2v) is 5.91. The third kappa shape index (κ3) is 2.90. The van der Waals surface area contributed by atoms with Crippen LogP contribution in [0.1, 0.15) is 32.1 Å². The van der Waals surface area contributed by atoms with E-state index in [2.05, 4.69) is 4.98 Å². The van der Waals surface area contributed by atoms with Crippen LogP contribution in [0, 0.1) is 6.92 Å². The van der Waals surface area contributed by atoms with E-state index in [0.717, 1.165) is 15.8 Å². The maximum atomic E-state index is 12.2. The lowest BCUT2D eigenvalue weighted by Gasteiger charge is -1.99. The summed E-state index contributed by atoms with van der Waals surface area (Å²) in [5.41, 5.74) is 2.45. The normalized spacial score (nSPS) is 10.7. The summed E-state index contributed by atoms with van der Waals surface area (Å²) >= 11 is 1.33. The van der Waals surface area contributed by atoms with Crippen molar-refractivity contribution in [3.8, 4) is 0 Å². The molecule has 0 fully saturated rings. The molecule has 3 aromatic rings. The number of carbonyl (C=O) groups excluding carboxylic acids is 2. The Kier molecular flexibility index (Phi) is 3.62. The summed E-state index contributed by atoms with van der Waals surface area (Å²) < 4.78 is 0.962. The molecule has 104 valence electrons. The molecule has 0 N–H and O–H groups in total. The van der Waals surface area contributed by atoms with Gasteiger partial charge in [0.2, 0.25) is 0 Å². The van der Waals surface area contributed by atoms with Crippen LogP contribution < -0.4 is 0 Å². The van der Waals surface area contributed by atoms with Crippen molar-refractivity contribution in [3.05, 3.63) is 64.7 Å². The van der Waals surface area contributed by atoms with Gasteiger partial charge in [0.1, 0.15) is 0 Å². The first-order valence-electron chi connectivity index (χ1n) is 6.62. The lowest BCUT2D eigenvalue weighted by Crippen LogP contribution is -2.08. The number of fused-ring (bicyclic) bond motifs is 1. The molecular weight excluding hydrogens is 282 g/mol. The van der Waals surface area contributed by atoms with Crippen molar-refractivity contribution < 1.29 is 9.59 Å². The molecule has 0 radical (unpaired) electrons. The Morgan fingerprint density at radius 2 is 1.71 bits per heavy atom. The van der Waals surface area contributed by atoms with Gasteiger partial charge in [-0.25, -0.2) is 4.98 Å². The number of nitrogens with zero attached hydrogens (tertiary/aromatic N) is 1. The van der Waals surface area contributed by atoms with Crippen LogP contribution in [0.5, 0.6) is 0 Å². The number of carbonyl (C=O) groups is 2. The Labute approximate surface area is 126 Å². The van der Waals surface area contributed by atoms with Gasteiger partial charge < -0.3 is 0 Å². The van der Waals surface area contributed by atoms with E-state index < -0.39 is 0 Å². The Bertz CT molecular complexity index is 785. The molecule has 0 atom stereocenters. The van der Waals surface area contributed by atoms with Crippen LogP contribution >= 0.6 is 11.3 Å². The summed E-state index contributed by atoms with van der Waals surface area (Å²) in [7, 11) is 0. The molecule has 3 rings (SSSR count). The monoisotopic (exact) mass is 295 g/mol. The summed E-state index contributed by atoms with van der Waals surface area (Å²) in [5, 5.41) is 0.400. The van der Waals surface area contributed by atoms with Crippen molar-refractivity contribution in [1.82, 2.24) is 4.98 Å². The average Bonchev–Trinajstić information content (AvgIpc) is 2.92. The van der Waals surface area contributed by atoms with Crippen molar-refractivity contribution in [2.24, 2.45) is 0 Å². The zero-order valence-corrected chi connectivity index (χ0v) is 12.3. The minimum absolute atomic E-state index is 0.136. The Hall–Kier alpha value is -2.33. The smallest absolute Gasteiger partial charge is 0.199 e. The van der Waals surface area contributed by atoms with Crippen LogP contribution in [0.4, 0.5) is 0 Å². The Morgan fingerprint density at radius 3 is 2.43 bits per heavy atom. The van der Waals surface area contributed by atoms with Gasteiger partial charge in [-0.15, -0.1) is 11.3 Å². The molecule has 3 nitrogen and oxygen atoms in total. The van der Waals surface area contributed by atoms with Crippen LogP contribution in [0.2, 0.25) is 0 Å². The molecule has 0 amide bonds. The number of ketones is 2. The first kappa shape index (κ1) is 13.6. The van der Waals surface area contributed by atoms with Gasteiger partial charge in [-0.2, -0.15) is 0 Å². The Morgan fingerprint density at radius 1 is 1.00 bits per heavy atom. The minimum Gasteiger partial charge on any atom is -0.294 e. The molecule has 0 saturated carbocycles. The van der Waals surface area contributed by atoms with Gasteiger partial charge in [0, 0.05) is 5.56 Å². The van der Waals surface area contributed by atoms with Gasteiger partial charge in [0.05, 0.1) is 16.6 Å². The van der Waals surface area contributed by atoms with E-state index in [9.17, 15) is 9.59 Å². The van der Waals surface area contributed by atoms with Gasteiger partial charge >= 0.3 is 0 Å². The minimum atomic E-state index is -0.221. The zero-order chi connectivity index (χ0) is 14.8. The molecule has 0 spiro atoms. The number of aromatic nitrogens is 1. The maximum Gasteiger partial charge on any atom is 0.199 e. The quantitative estimate of drug-likeness (QED) is 0.538. The molecule has 4 heteroatoms. The van der Waals surface area contributed by atoms with Crippen LogP contribution in [0.25, 0.3) is 10.2 Å². The molecular formula is C17H13NO2S. The van der Waals surface area contributed by atoms with Crippen molar-refractivity contribution in [3.63, 3.8) is 0 Å². The van der Waals surface area contributed by atoms with E-state index in [-0.39, 0.29) is 18.0 Å². The first-order valence-corrected chi connectivity index (χ1v) is 7.44. The number of thiazole rings is 1. The van der Waals surface area contributed by atoms with Crippen molar-refractivity contribution in [1.29, 1.82) is 0 Å². The zero-order valence-electron chi connectivity index (χ0n) is 11.5. The van der Waals surface area contributed by atoms with Gasteiger partial charge in [0.25, 0.3) is 0 Å². The van der Waals surface area contributed by atoms with E-state index in [1.807, 2.05) is 43.3 Å². The molecule has 0 saturated heterocycles. The van der Waals surface area contributed by atoms with Crippen LogP contribution in [0.3, 0.4) is 0 Å². The number of rotatable bonds is 4. The summed E-state index contributed by atoms with van der Waals surface area (Å²) in [4.78, 5) is 28.6. The van der Waals surface area contributed by atoms with Crippen LogP contribution in [-0.2, 0) is 0 Å². The number of Topliss-reactive ketones (excluding diaryl/α,β-unsaturated/α-hetero) is 2. The highest BCUT2D eigenvalue weighted by Crippen LogP contribution is 2.23. The predicted octanol–water partition coefficient (Wildman–Crippen LogP) is 4.06. The van der Waals surface area contributed by atoms with Gasteiger partial charge in [0.15, 0.2) is 16.6 Å². The highest BCUT2D eigenvalue weighted by Gasteiger charge is 2.17. The Balaban J connectivity index is 1.79. The molecule has 0 aliphatic heterocycles. The molecule has 2 aromatic carbocycles. The SMILES string of the molecule is Cc1ccc(C(=O)CC(=O)c2nc3ccccc3s2)cc1. The number of benzene rings is 2. The second kappa shape index (κ2) is 5.58. The third-order valence-electron chi connectivity index (χ3n) is 3.23. The van der Waals surface area contributed by atoms with Crippen LogP contribution in [0.15, 0.2) is 48.5 Å². The van der Waals surface area contributed by atoms with E-state index >= 15 is 0 Å². The summed E-state index contributed by atoms with van der Waals surface area (Å²) in [5.74, 6) is -0.388. The van der Waals surface area contributed by atoms with E-state index in [4.69, 9.17) is 0 Å². The third-order valence-corrected chi connectivity index (χ3v) is 4.30. The first-order chi connectivity index (χ1) is 10.1. The second-order valence-electron chi connectivity index (χ2n) is 4.88. The molecule has 0 aliphatic carbocycles. The fourth-order valence-electron chi connectivity index (χ4n) is 2.05. The standard InChI is InChI=1S/C17H13NO2S/c1-11-6-8-12(9-7-11)14(19)10-15(20)17-18-13-4-2-3-5-16(13)21-17/h2-9H,10H2,1H3. The highest BCUT2D eigenvalue weighted by molar-refractivity contribution is 7.20. The van der Waals surface area contributed by atoms with Crippen molar-refractivity contribution in [2.75, 3.05) is 0 Å². The van der Waals surface area contributed by atoms with Crippen molar-refractivity contribution >= 4 is 33.1 Å². The maximum absolute atomic E-state index is 12.2. The van der Waals surface area contributed by atoms with Crippen LogP contribution in [-0.4, -0.2) is 16.6 Å². The molecule has 0 bridgehead atoms. The van der Waals surface area contributed by atoms with Gasteiger partial charge in [-0.1, -0.05) is 42.0 Å². The molecule has 0 unspecified atom stereocenters. The molecule has 21 heavy (non-hydrogen) atoms. The topological polar surface area (TPSA) is 47.0 Å².